The number of nitrogens with one attached hydrogen (secondary N) is 1. The molecule has 0 aliphatic carbocycles. The number of nitrogens with zero attached hydrogens (tertiary/aromatic N) is 3. The van der Waals surface area contributed by atoms with Crippen LogP contribution in [0.3, 0.4) is 0 Å². The Morgan fingerprint density at radius 1 is 1.14 bits per heavy atom. The molecule has 80 valence electrons. The van der Waals surface area contributed by atoms with Gasteiger partial charge in [0, 0.05) is 39.3 Å². The first-order chi connectivity index (χ1) is 6.86. The molecule has 2 heterocycles. The molecule has 0 unspecified atom stereocenters. The molecule has 2 aliphatic rings. The van der Waals surface area contributed by atoms with Crippen LogP contribution in [0, 0.1) is 0 Å². The summed E-state index contributed by atoms with van der Waals surface area (Å²) in [6, 6.07) is 0. The van der Waals surface area contributed by atoms with Crippen LogP contribution in [0.2, 0.25) is 0 Å². The maximum atomic E-state index is 4.58. The van der Waals surface area contributed by atoms with Crippen molar-refractivity contribution >= 4 is 5.96 Å². The van der Waals surface area contributed by atoms with E-state index in [2.05, 4.69) is 27.2 Å². The van der Waals surface area contributed by atoms with E-state index >= 15 is 0 Å². The van der Waals surface area contributed by atoms with E-state index in [1.54, 1.807) is 0 Å². The summed E-state index contributed by atoms with van der Waals surface area (Å²) >= 11 is 0. The smallest absolute Gasteiger partial charge is 0.194 e. The molecule has 0 aromatic heterocycles. The van der Waals surface area contributed by atoms with Crippen molar-refractivity contribution in [2.75, 3.05) is 46.3 Å². The highest BCUT2D eigenvalue weighted by Gasteiger charge is 2.17. The molecule has 0 amide bonds. The van der Waals surface area contributed by atoms with Gasteiger partial charge in [0.25, 0.3) is 0 Å². The number of aliphatic imine (C=N–C) groups is 1. The van der Waals surface area contributed by atoms with E-state index in [9.17, 15) is 0 Å². The third-order valence-corrected chi connectivity index (χ3v) is 2.93. The van der Waals surface area contributed by atoms with Crippen LogP contribution in [-0.2, 0) is 0 Å². The van der Waals surface area contributed by atoms with Gasteiger partial charge in [0.05, 0.1) is 0 Å². The van der Waals surface area contributed by atoms with Crippen molar-refractivity contribution in [3.63, 3.8) is 0 Å². The summed E-state index contributed by atoms with van der Waals surface area (Å²) in [5.41, 5.74) is 0. The van der Waals surface area contributed by atoms with Crippen LogP contribution < -0.4 is 5.32 Å². The van der Waals surface area contributed by atoms with Crippen LogP contribution >= 0.6 is 0 Å². The fraction of sp³-hybridized carbons (Fsp3) is 0.900. The lowest BCUT2D eigenvalue weighted by molar-refractivity contribution is 0.211. The first kappa shape index (κ1) is 9.77. The van der Waals surface area contributed by atoms with Crippen LogP contribution in [-0.4, -0.2) is 62.1 Å². The first-order valence-corrected chi connectivity index (χ1v) is 5.58. The standard InChI is InChI=1S/C10H20N4/c1-13-6-8-14(9-7-13)10-11-4-2-3-5-12-10/h2-9H2,1H3,(H,11,12). The Bertz CT molecular complexity index is 206. The first-order valence-electron chi connectivity index (χ1n) is 5.58. The zero-order valence-corrected chi connectivity index (χ0v) is 9.00. The summed E-state index contributed by atoms with van der Waals surface area (Å²) in [5, 5.41) is 3.42. The quantitative estimate of drug-likeness (QED) is 0.590. The third kappa shape index (κ3) is 2.38. The monoisotopic (exact) mass is 196 g/mol. The Balaban J connectivity index is 1.90. The minimum Gasteiger partial charge on any atom is -0.356 e. The maximum Gasteiger partial charge on any atom is 0.194 e. The Hall–Kier alpha value is -0.770. The number of likely N-dealkylation sites (N-methyl/N-ethyl adjacent to an activating group) is 1. The molecule has 1 saturated heterocycles. The van der Waals surface area contributed by atoms with E-state index in [0.29, 0.717) is 0 Å². The number of guanidine groups is 1. The summed E-state index contributed by atoms with van der Waals surface area (Å²) in [6.45, 7) is 6.62. The van der Waals surface area contributed by atoms with Gasteiger partial charge < -0.3 is 15.1 Å². The zero-order chi connectivity index (χ0) is 9.80. The van der Waals surface area contributed by atoms with Crippen molar-refractivity contribution in [3.8, 4) is 0 Å². The lowest BCUT2D eigenvalue weighted by atomic mass is 10.3. The molecule has 1 N–H and O–H groups in total. The average molecular weight is 196 g/mol. The molecule has 4 heteroatoms. The minimum absolute atomic E-state index is 0.995. The second-order valence-electron chi connectivity index (χ2n) is 4.13. The van der Waals surface area contributed by atoms with Crippen molar-refractivity contribution in [1.82, 2.24) is 15.1 Å². The lowest BCUT2D eigenvalue weighted by Crippen LogP contribution is -2.51. The molecule has 2 rings (SSSR count). The van der Waals surface area contributed by atoms with Crippen LogP contribution in [0.25, 0.3) is 0 Å². The van der Waals surface area contributed by atoms with Crippen molar-refractivity contribution in [2.45, 2.75) is 12.8 Å². The molecule has 0 aromatic rings. The molecule has 1 fully saturated rings. The van der Waals surface area contributed by atoms with Gasteiger partial charge in [-0.05, 0) is 19.9 Å². The van der Waals surface area contributed by atoms with Gasteiger partial charge in [-0.3, -0.25) is 4.99 Å². The fourth-order valence-corrected chi connectivity index (χ4v) is 1.91. The summed E-state index contributed by atoms with van der Waals surface area (Å²) < 4.78 is 0. The highest BCUT2D eigenvalue weighted by molar-refractivity contribution is 5.80. The second-order valence-corrected chi connectivity index (χ2v) is 4.13. The molecule has 0 bridgehead atoms. The van der Waals surface area contributed by atoms with Gasteiger partial charge in [-0.15, -0.1) is 0 Å². The molecule has 0 radical (unpaired) electrons. The van der Waals surface area contributed by atoms with Gasteiger partial charge in [-0.25, -0.2) is 0 Å². The predicted molar refractivity (Wildman–Crippen MR) is 58.6 cm³/mol. The Morgan fingerprint density at radius 2 is 1.93 bits per heavy atom. The van der Waals surface area contributed by atoms with Gasteiger partial charge in [-0.2, -0.15) is 0 Å². The van der Waals surface area contributed by atoms with E-state index < -0.39 is 0 Å². The van der Waals surface area contributed by atoms with Gasteiger partial charge in [0.15, 0.2) is 5.96 Å². The van der Waals surface area contributed by atoms with E-state index in [1.165, 1.54) is 12.8 Å². The Morgan fingerprint density at radius 3 is 2.71 bits per heavy atom. The molecular formula is C10H20N4. The van der Waals surface area contributed by atoms with Crippen molar-refractivity contribution in [1.29, 1.82) is 0 Å². The largest absolute Gasteiger partial charge is 0.356 e. The van der Waals surface area contributed by atoms with Gasteiger partial charge in [0.2, 0.25) is 0 Å². The predicted octanol–water partition coefficient (Wildman–Crippen LogP) is -0.0268. The second kappa shape index (κ2) is 4.64. The van der Waals surface area contributed by atoms with Gasteiger partial charge >= 0.3 is 0 Å². The highest BCUT2D eigenvalue weighted by Crippen LogP contribution is 2.02. The van der Waals surface area contributed by atoms with Crippen LogP contribution in [0.1, 0.15) is 12.8 Å². The van der Waals surface area contributed by atoms with Gasteiger partial charge in [-0.1, -0.05) is 0 Å². The molecule has 14 heavy (non-hydrogen) atoms. The lowest BCUT2D eigenvalue weighted by Gasteiger charge is -2.34. The van der Waals surface area contributed by atoms with Crippen LogP contribution in [0.4, 0.5) is 0 Å². The normalized spacial score (nSPS) is 25.2. The summed E-state index contributed by atoms with van der Waals surface area (Å²) in [7, 11) is 2.18. The zero-order valence-electron chi connectivity index (χ0n) is 9.00. The minimum atomic E-state index is 0.995. The van der Waals surface area contributed by atoms with E-state index in [1.807, 2.05) is 0 Å². The number of piperazine rings is 1. The summed E-state index contributed by atoms with van der Waals surface area (Å²) in [4.78, 5) is 9.33. The molecule has 2 aliphatic heterocycles. The molecule has 0 aromatic carbocycles. The maximum absolute atomic E-state index is 4.58. The van der Waals surface area contributed by atoms with Crippen molar-refractivity contribution < 1.29 is 0 Å². The third-order valence-electron chi connectivity index (χ3n) is 2.93. The van der Waals surface area contributed by atoms with Gasteiger partial charge in [0.1, 0.15) is 0 Å². The number of rotatable bonds is 0. The highest BCUT2D eigenvalue weighted by atomic mass is 15.3. The topological polar surface area (TPSA) is 30.9 Å². The SMILES string of the molecule is CN1CCN(C2=NCCCCN2)CC1. The van der Waals surface area contributed by atoms with Crippen LogP contribution in [0.15, 0.2) is 4.99 Å². The van der Waals surface area contributed by atoms with Crippen molar-refractivity contribution in [3.05, 3.63) is 0 Å². The Kier molecular flexibility index (Phi) is 3.24. The van der Waals surface area contributed by atoms with Crippen molar-refractivity contribution in [2.24, 2.45) is 4.99 Å². The molecule has 4 nitrogen and oxygen atoms in total. The number of hydrogen-bond donors (Lipinski definition) is 1. The van der Waals surface area contributed by atoms with Crippen LogP contribution in [0.5, 0.6) is 0 Å². The molecule has 0 atom stereocenters. The van der Waals surface area contributed by atoms with E-state index in [-0.39, 0.29) is 0 Å². The van der Waals surface area contributed by atoms with E-state index in [4.69, 9.17) is 0 Å². The average Bonchev–Trinajstić information content (AvgIpc) is 2.47. The molecular weight excluding hydrogens is 176 g/mol. The molecule has 0 saturated carbocycles. The summed E-state index contributed by atoms with van der Waals surface area (Å²) in [5.74, 6) is 1.13. The molecule has 0 spiro atoms. The van der Waals surface area contributed by atoms with E-state index in [0.717, 1.165) is 45.2 Å². The fourth-order valence-electron chi connectivity index (χ4n) is 1.91. The summed E-state index contributed by atoms with van der Waals surface area (Å²) in [6.07, 6.45) is 2.48. The Labute approximate surface area is 86.0 Å². The number of hydrogen-bond acceptors (Lipinski definition) is 4.